The van der Waals surface area contributed by atoms with Crippen molar-refractivity contribution in [1.29, 1.82) is 0 Å². The van der Waals surface area contributed by atoms with Crippen LogP contribution < -0.4 is 10.6 Å². The predicted molar refractivity (Wildman–Crippen MR) is 107 cm³/mol. The lowest BCUT2D eigenvalue weighted by Crippen LogP contribution is -2.46. The van der Waals surface area contributed by atoms with Crippen molar-refractivity contribution in [2.75, 3.05) is 13.6 Å². The van der Waals surface area contributed by atoms with E-state index < -0.39 is 12.1 Å². The molecule has 1 heterocycles. The van der Waals surface area contributed by atoms with Crippen LogP contribution in [-0.2, 0) is 12.8 Å². The smallest absolute Gasteiger partial charge is 0.356 e. The van der Waals surface area contributed by atoms with E-state index in [4.69, 9.17) is 0 Å². The summed E-state index contributed by atoms with van der Waals surface area (Å²) in [5, 5.41) is 7.54. The summed E-state index contributed by atoms with van der Waals surface area (Å²) >= 11 is 1.71. The van der Waals surface area contributed by atoms with E-state index in [2.05, 4.69) is 27.5 Å². The molecule has 2 N–H and O–H groups in total. The van der Waals surface area contributed by atoms with Gasteiger partial charge in [-0.25, -0.2) is 4.98 Å². The third-order valence-corrected chi connectivity index (χ3v) is 5.54. The predicted octanol–water partition coefficient (Wildman–Crippen LogP) is 4.15. The molecule has 0 saturated heterocycles. The van der Waals surface area contributed by atoms with Gasteiger partial charge in [-0.3, -0.25) is 4.99 Å². The normalized spacial score (nSPS) is 21.6. The van der Waals surface area contributed by atoms with Gasteiger partial charge < -0.3 is 10.6 Å². The molecule has 1 aliphatic carbocycles. The average Bonchev–Trinajstić information content (AvgIpc) is 3.01. The van der Waals surface area contributed by atoms with E-state index in [0.29, 0.717) is 25.3 Å². The van der Waals surface area contributed by atoms with Crippen LogP contribution >= 0.6 is 35.3 Å². The van der Waals surface area contributed by atoms with Gasteiger partial charge in [0.25, 0.3) is 0 Å². The van der Waals surface area contributed by atoms with Crippen LogP contribution in [0.1, 0.15) is 42.5 Å². The lowest BCUT2D eigenvalue weighted by atomic mass is 9.85. The first kappa shape index (κ1) is 22.5. The standard InChI is InChI=1S/C16H25F3N4S.HI/c1-3-13-10-22-14(24-13)8-9-21-15(20-2)23-12-6-4-11(5-7-12)16(17,18)19;/h10-12H,3-9H2,1-2H3,(H2,20,21,23);1H. The van der Waals surface area contributed by atoms with Crippen molar-refractivity contribution in [3.63, 3.8) is 0 Å². The summed E-state index contributed by atoms with van der Waals surface area (Å²) < 4.78 is 38.1. The molecule has 25 heavy (non-hydrogen) atoms. The number of rotatable bonds is 5. The van der Waals surface area contributed by atoms with Crippen LogP contribution in [0.4, 0.5) is 13.2 Å². The first-order valence-corrected chi connectivity index (χ1v) is 9.21. The highest BCUT2D eigenvalue weighted by Crippen LogP contribution is 2.37. The molecule has 1 aromatic heterocycles. The van der Waals surface area contributed by atoms with Gasteiger partial charge in [-0.05, 0) is 32.1 Å². The monoisotopic (exact) mass is 490 g/mol. The topological polar surface area (TPSA) is 49.3 Å². The number of thiazole rings is 1. The van der Waals surface area contributed by atoms with E-state index in [-0.39, 0.29) is 42.9 Å². The average molecular weight is 490 g/mol. The molecule has 0 radical (unpaired) electrons. The van der Waals surface area contributed by atoms with Gasteiger partial charge >= 0.3 is 6.18 Å². The minimum Gasteiger partial charge on any atom is -0.356 e. The van der Waals surface area contributed by atoms with Crippen molar-refractivity contribution in [2.24, 2.45) is 10.9 Å². The first-order valence-electron chi connectivity index (χ1n) is 8.39. The van der Waals surface area contributed by atoms with E-state index in [9.17, 15) is 13.2 Å². The van der Waals surface area contributed by atoms with Crippen molar-refractivity contribution in [2.45, 2.75) is 57.7 Å². The van der Waals surface area contributed by atoms with E-state index in [1.54, 1.807) is 18.4 Å². The number of hydrogen-bond acceptors (Lipinski definition) is 3. The summed E-state index contributed by atoms with van der Waals surface area (Å²) in [5.74, 6) is -0.499. The Morgan fingerprint density at radius 3 is 2.52 bits per heavy atom. The van der Waals surface area contributed by atoms with E-state index in [1.807, 2.05) is 6.20 Å². The quantitative estimate of drug-likeness (QED) is 0.371. The highest BCUT2D eigenvalue weighted by molar-refractivity contribution is 14.0. The minimum absolute atomic E-state index is 0. The Balaban J connectivity index is 0.00000312. The molecule has 144 valence electrons. The molecule has 2 rings (SSSR count). The highest BCUT2D eigenvalue weighted by atomic mass is 127. The lowest BCUT2D eigenvalue weighted by Gasteiger charge is -2.31. The van der Waals surface area contributed by atoms with Gasteiger partial charge in [0, 0.05) is 37.1 Å². The zero-order chi connectivity index (χ0) is 17.6. The molecule has 4 nitrogen and oxygen atoms in total. The maximum absolute atomic E-state index is 12.7. The lowest BCUT2D eigenvalue weighted by molar-refractivity contribution is -0.182. The van der Waals surface area contributed by atoms with Crippen LogP contribution in [0.25, 0.3) is 0 Å². The van der Waals surface area contributed by atoms with Crippen molar-refractivity contribution in [3.8, 4) is 0 Å². The SMILES string of the molecule is CCc1cnc(CCNC(=NC)NC2CCC(C(F)(F)F)CC2)s1.I. The number of aliphatic imine (C=N–C) groups is 1. The molecular weight excluding hydrogens is 464 g/mol. The molecule has 0 atom stereocenters. The van der Waals surface area contributed by atoms with Gasteiger partial charge in [-0.2, -0.15) is 13.2 Å². The Kier molecular flexibility index (Phi) is 9.47. The van der Waals surface area contributed by atoms with Gasteiger partial charge in [0.15, 0.2) is 5.96 Å². The number of nitrogens with one attached hydrogen (secondary N) is 2. The Morgan fingerprint density at radius 1 is 1.32 bits per heavy atom. The number of hydrogen-bond donors (Lipinski definition) is 2. The maximum Gasteiger partial charge on any atom is 0.391 e. The molecule has 1 aromatic rings. The molecule has 0 aliphatic heterocycles. The van der Waals surface area contributed by atoms with Gasteiger partial charge in [-0.1, -0.05) is 6.92 Å². The van der Waals surface area contributed by atoms with Crippen LogP contribution in [0.2, 0.25) is 0 Å². The van der Waals surface area contributed by atoms with Gasteiger partial charge in [0.2, 0.25) is 0 Å². The first-order chi connectivity index (χ1) is 11.4. The number of nitrogens with zero attached hydrogens (tertiary/aromatic N) is 2. The Hall–Kier alpha value is -0.580. The Morgan fingerprint density at radius 2 is 2.00 bits per heavy atom. The molecule has 9 heteroatoms. The van der Waals surface area contributed by atoms with Gasteiger partial charge in [-0.15, -0.1) is 35.3 Å². The van der Waals surface area contributed by atoms with Crippen molar-refractivity contribution >= 4 is 41.3 Å². The summed E-state index contributed by atoms with van der Waals surface area (Å²) in [6.45, 7) is 2.81. The summed E-state index contributed by atoms with van der Waals surface area (Å²) in [5.41, 5.74) is 0. The molecular formula is C16H26F3IN4S. The molecule has 1 saturated carbocycles. The molecule has 0 spiro atoms. The molecule has 1 fully saturated rings. The second kappa shape index (κ2) is 10.5. The van der Waals surface area contributed by atoms with Crippen LogP contribution in [0.15, 0.2) is 11.2 Å². The van der Waals surface area contributed by atoms with Crippen LogP contribution in [0.3, 0.4) is 0 Å². The van der Waals surface area contributed by atoms with Crippen LogP contribution in [-0.4, -0.2) is 36.8 Å². The van der Waals surface area contributed by atoms with Crippen molar-refractivity contribution in [1.82, 2.24) is 15.6 Å². The van der Waals surface area contributed by atoms with Gasteiger partial charge in [0.05, 0.1) is 10.9 Å². The molecule has 1 aliphatic rings. The number of alkyl halides is 3. The van der Waals surface area contributed by atoms with Crippen molar-refractivity contribution < 1.29 is 13.2 Å². The Labute approximate surface area is 168 Å². The van der Waals surface area contributed by atoms with Crippen LogP contribution in [0.5, 0.6) is 0 Å². The fraction of sp³-hybridized carbons (Fsp3) is 0.750. The zero-order valence-corrected chi connectivity index (χ0v) is 17.7. The fourth-order valence-electron chi connectivity index (χ4n) is 2.87. The van der Waals surface area contributed by atoms with Gasteiger partial charge in [0.1, 0.15) is 0 Å². The number of guanidine groups is 1. The number of halogens is 4. The summed E-state index contributed by atoms with van der Waals surface area (Å²) in [6, 6.07) is 0.0568. The molecule has 0 bridgehead atoms. The third kappa shape index (κ3) is 7.28. The molecule has 0 unspecified atom stereocenters. The summed E-state index contributed by atoms with van der Waals surface area (Å²) in [4.78, 5) is 9.80. The van der Waals surface area contributed by atoms with E-state index in [0.717, 1.165) is 17.8 Å². The van der Waals surface area contributed by atoms with E-state index in [1.165, 1.54) is 4.88 Å². The summed E-state index contributed by atoms with van der Waals surface area (Å²) in [6.07, 6.45) is 1.09. The van der Waals surface area contributed by atoms with E-state index >= 15 is 0 Å². The second-order valence-corrected chi connectivity index (χ2v) is 7.26. The molecule has 0 aromatic carbocycles. The largest absolute Gasteiger partial charge is 0.391 e. The fourth-order valence-corrected chi connectivity index (χ4v) is 3.73. The maximum atomic E-state index is 12.7. The Bertz CT molecular complexity index is 540. The highest BCUT2D eigenvalue weighted by Gasteiger charge is 2.41. The summed E-state index contributed by atoms with van der Waals surface area (Å²) in [7, 11) is 1.68. The second-order valence-electron chi connectivity index (χ2n) is 6.06. The molecule has 0 amide bonds. The van der Waals surface area contributed by atoms with Crippen LogP contribution in [0, 0.1) is 5.92 Å². The third-order valence-electron chi connectivity index (χ3n) is 4.34. The van der Waals surface area contributed by atoms with Crippen molar-refractivity contribution in [3.05, 3.63) is 16.1 Å². The number of aryl methyl sites for hydroxylation is 1. The minimum atomic E-state index is -4.06. The zero-order valence-electron chi connectivity index (χ0n) is 14.5. The number of aromatic nitrogens is 1.